The van der Waals surface area contributed by atoms with Crippen molar-refractivity contribution in [2.75, 3.05) is 36.5 Å². The van der Waals surface area contributed by atoms with Crippen LogP contribution in [0.15, 0.2) is 48.7 Å². The molecule has 0 atom stereocenters. The Morgan fingerprint density at radius 3 is 2.50 bits per heavy atom. The molecule has 1 fully saturated rings. The van der Waals surface area contributed by atoms with Crippen LogP contribution in [0.25, 0.3) is 22.2 Å². The molecule has 7 heteroatoms. The molecule has 2 heterocycles. The van der Waals surface area contributed by atoms with Crippen molar-refractivity contribution in [3.63, 3.8) is 0 Å². The number of ether oxygens (including phenoxy) is 1. The van der Waals surface area contributed by atoms with Gasteiger partial charge >= 0.3 is 6.03 Å². The van der Waals surface area contributed by atoms with Gasteiger partial charge in [0.05, 0.1) is 30.4 Å². The average molecular weight is 349 g/mol. The molecule has 0 unspecified atom stereocenters. The Kier molecular flexibility index (Phi) is 4.37. The number of benzene rings is 2. The molecular weight excluding hydrogens is 330 g/mol. The summed E-state index contributed by atoms with van der Waals surface area (Å²) in [5.41, 5.74) is 9.58. The molecule has 1 saturated heterocycles. The first-order valence-corrected chi connectivity index (χ1v) is 8.45. The number of nitrogens with zero attached hydrogens (tertiary/aromatic N) is 3. The maximum absolute atomic E-state index is 10.9. The summed E-state index contributed by atoms with van der Waals surface area (Å²) < 4.78 is 5.40. The molecule has 26 heavy (non-hydrogen) atoms. The fourth-order valence-electron chi connectivity index (χ4n) is 3.01. The number of fused-ring (bicyclic) bond motifs is 1. The van der Waals surface area contributed by atoms with Gasteiger partial charge in [-0.1, -0.05) is 18.2 Å². The van der Waals surface area contributed by atoms with Gasteiger partial charge in [-0.3, -0.25) is 4.98 Å². The Hall–Kier alpha value is -3.19. The topological polar surface area (TPSA) is 93.4 Å². The number of carbonyl (C=O) groups is 1. The zero-order valence-electron chi connectivity index (χ0n) is 14.2. The number of amides is 2. The van der Waals surface area contributed by atoms with E-state index in [1.165, 1.54) is 0 Å². The number of urea groups is 1. The number of morpholine rings is 1. The van der Waals surface area contributed by atoms with Gasteiger partial charge in [0, 0.05) is 18.8 Å². The number of primary amides is 1. The number of rotatable bonds is 3. The molecule has 0 spiro atoms. The number of hydrogen-bond acceptors (Lipinski definition) is 5. The van der Waals surface area contributed by atoms with Crippen LogP contribution in [-0.2, 0) is 4.74 Å². The molecule has 1 aliphatic rings. The number of carbonyl (C=O) groups excluding carboxylic acids is 1. The quantitative estimate of drug-likeness (QED) is 0.758. The third-order valence-electron chi connectivity index (χ3n) is 4.35. The van der Waals surface area contributed by atoms with Gasteiger partial charge in [0.2, 0.25) is 0 Å². The summed E-state index contributed by atoms with van der Waals surface area (Å²) in [6.07, 6.45) is 1.82. The van der Waals surface area contributed by atoms with E-state index in [0.29, 0.717) is 18.9 Å². The van der Waals surface area contributed by atoms with Crippen LogP contribution in [-0.4, -0.2) is 42.3 Å². The van der Waals surface area contributed by atoms with E-state index in [2.05, 4.69) is 15.2 Å². The Bertz CT molecular complexity index is 936. The molecule has 132 valence electrons. The van der Waals surface area contributed by atoms with Gasteiger partial charge in [-0.15, -0.1) is 0 Å². The molecule has 0 aliphatic carbocycles. The fraction of sp³-hybridized carbons (Fsp3) is 0.211. The van der Waals surface area contributed by atoms with E-state index in [1.54, 1.807) is 0 Å². The first-order chi connectivity index (χ1) is 12.7. The molecule has 2 aromatic carbocycles. The molecule has 7 nitrogen and oxygen atoms in total. The van der Waals surface area contributed by atoms with Gasteiger partial charge in [-0.05, 0) is 35.4 Å². The minimum atomic E-state index is -0.575. The van der Waals surface area contributed by atoms with Crippen molar-refractivity contribution in [2.24, 2.45) is 5.73 Å². The number of hydrogen-bond donors (Lipinski definition) is 2. The lowest BCUT2D eigenvalue weighted by molar-refractivity contribution is 0.122. The smallest absolute Gasteiger partial charge is 0.316 e. The Morgan fingerprint density at radius 1 is 1.04 bits per heavy atom. The summed E-state index contributed by atoms with van der Waals surface area (Å²) in [7, 11) is 0. The van der Waals surface area contributed by atoms with E-state index < -0.39 is 6.03 Å². The maximum atomic E-state index is 10.9. The van der Waals surface area contributed by atoms with Crippen molar-refractivity contribution < 1.29 is 9.53 Å². The van der Waals surface area contributed by atoms with Crippen LogP contribution in [0.2, 0.25) is 0 Å². The zero-order valence-corrected chi connectivity index (χ0v) is 14.2. The highest BCUT2D eigenvalue weighted by molar-refractivity contribution is 5.88. The second-order valence-corrected chi connectivity index (χ2v) is 6.10. The van der Waals surface area contributed by atoms with Crippen molar-refractivity contribution in [1.29, 1.82) is 0 Å². The summed E-state index contributed by atoms with van der Waals surface area (Å²) in [6.45, 7) is 3.08. The maximum Gasteiger partial charge on any atom is 0.316 e. The van der Waals surface area contributed by atoms with Gasteiger partial charge in [0.25, 0.3) is 0 Å². The lowest BCUT2D eigenvalue weighted by atomic mass is 10.0. The van der Waals surface area contributed by atoms with Gasteiger partial charge in [0.1, 0.15) is 5.82 Å². The largest absolute Gasteiger partial charge is 0.378 e. The Morgan fingerprint density at radius 2 is 1.77 bits per heavy atom. The van der Waals surface area contributed by atoms with Crippen molar-refractivity contribution in [3.8, 4) is 11.1 Å². The predicted molar refractivity (Wildman–Crippen MR) is 101 cm³/mol. The van der Waals surface area contributed by atoms with Crippen LogP contribution in [0.3, 0.4) is 0 Å². The minimum Gasteiger partial charge on any atom is -0.378 e. The Labute approximate surface area is 150 Å². The van der Waals surface area contributed by atoms with Crippen LogP contribution in [0.4, 0.5) is 16.3 Å². The average Bonchev–Trinajstić information content (AvgIpc) is 2.68. The zero-order chi connectivity index (χ0) is 17.9. The second-order valence-electron chi connectivity index (χ2n) is 6.10. The van der Waals surface area contributed by atoms with Gasteiger partial charge in [-0.2, -0.15) is 0 Å². The van der Waals surface area contributed by atoms with Crippen LogP contribution in [0, 0.1) is 0 Å². The standard InChI is InChI=1S/C19H19N5O2/c20-19(25)22-15-4-1-13(2-5-15)14-3-6-16-17(11-14)23-18(12-21-16)24-7-9-26-10-8-24/h1-6,11-12H,7-10H2,(H3,20,22,25). The van der Waals surface area contributed by atoms with E-state index in [-0.39, 0.29) is 0 Å². The second kappa shape index (κ2) is 6.97. The lowest BCUT2D eigenvalue weighted by Crippen LogP contribution is -2.36. The first-order valence-electron chi connectivity index (χ1n) is 8.45. The first kappa shape index (κ1) is 16.3. The molecule has 1 aromatic heterocycles. The highest BCUT2D eigenvalue weighted by Crippen LogP contribution is 2.25. The summed E-state index contributed by atoms with van der Waals surface area (Å²) in [5, 5.41) is 2.56. The summed E-state index contributed by atoms with van der Waals surface area (Å²) in [5.74, 6) is 0.874. The molecule has 0 radical (unpaired) electrons. The molecule has 4 rings (SSSR count). The summed E-state index contributed by atoms with van der Waals surface area (Å²) >= 11 is 0. The molecule has 1 aliphatic heterocycles. The highest BCUT2D eigenvalue weighted by Gasteiger charge is 2.13. The van der Waals surface area contributed by atoms with Crippen LogP contribution >= 0.6 is 0 Å². The third kappa shape index (κ3) is 3.43. The van der Waals surface area contributed by atoms with Crippen molar-refractivity contribution >= 4 is 28.6 Å². The monoisotopic (exact) mass is 349 g/mol. The van der Waals surface area contributed by atoms with Crippen molar-refractivity contribution in [2.45, 2.75) is 0 Å². The summed E-state index contributed by atoms with van der Waals surface area (Å²) in [6, 6.07) is 13.0. The third-order valence-corrected chi connectivity index (χ3v) is 4.35. The van der Waals surface area contributed by atoms with Gasteiger partial charge < -0.3 is 20.7 Å². The predicted octanol–water partition coefficient (Wildman–Crippen LogP) is 2.62. The fourth-order valence-corrected chi connectivity index (χ4v) is 3.01. The van der Waals surface area contributed by atoms with Crippen molar-refractivity contribution in [1.82, 2.24) is 9.97 Å². The number of nitrogens with two attached hydrogens (primary N) is 1. The summed E-state index contributed by atoms with van der Waals surface area (Å²) in [4.78, 5) is 22.4. The molecule has 0 saturated carbocycles. The van der Waals surface area contributed by atoms with E-state index >= 15 is 0 Å². The molecule has 3 aromatic rings. The number of anilines is 2. The van der Waals surface area contributed by atoms with Gasteiger partial charge in [-0.25, -0.2) is 9.78 Å². The molecule has 2 amide bonds. The molecule has 0 bridgehead atoms. The number of aromatic nitrogens is 2. The van der Waals surface area contributed by atoms with Crippen LogP contribution < -0.4 is 16.0 Å². The Balaban J connectivity index is 1.64. The van der Waals surface area contributed by atoms with E-state index in [9.17, 15) is 4.79 Å². The normalized spacial score (nSPS) is 14.4. The van der Waals surface area contributed by atoms with Gasteiger partial charge in [0.15, 0.2) is 0 Å². The SMILES string of the molecule is NC(=O)Nc1ccc(-c2ccc3ncc(N4CCOCC4)nc3c2)cc1. The number of nitrogens with one attached hydrogen (secondary N) is 1. The lowest BCUT2D eigenvalue weighted by Gasteiger charge is -2.27. The van der Waals surface area contributed by atoms with Crippen molar-refractivity contribution in [3.05, 3.63) is 48.7 Å². The van der Waals surface area contributed by atoms with E-state index in [4.69, 9.17) is 15.5 Å². The molecule has 3 N–H and O–H groups in total. The molecular formula is C19H19N5O2. The van der Waals surface area contributed by atoms with E-state index in [1.807, 2.05) is 48.7 Å². The minimum absolute atomic E-state index is 0.575. The van der Waals surface area contributed by atoms with E-state index in [0.717, 1.165) is 41.1 Å². The van der Waals surface area contributed by atoms with Crippen LogP contribution in [0.1, 0.15) is 0 Å². The van der Waals surface area contributed by atoms with Crippen LogP contribution in [0.5, 0.6) is 0 Å². The highest BCUT2D eigenvalue weighted by atomic mass is 16.5.